The average Bonchev–Trinajstić information content (AvgIpc) is 2.55. The predicted molar refractivity (Wildman–Crippen MR) is 91.4 cm³/mol. The Morgan fingerprint density at radius 2 is 1.48 bits per heavy atom. The number of hydrogen-bond donors (Lipinski definition) is 1. The summed E-state index contributed by atoms with van der Waals surface area (Å²) in [5.74, 6) is 0. The van der Waals surface area contributed by atoms with Gasteiger partial charge >= 0.3 is 0 Å². The maximum atomic E-state index is 6.16. The van der Waals surface area contributed by atoms with Crippen LogP contribution in [0.4, 0.5) is 0 Å². The van der Waals surface area contributed by atoms with Crippen molar-refractivity contribution < 1.29 is 0 Å². The molecule has 0 fully saturated rings. The number of benzene rings is 3. The molecule has 1 atom stereocenters. The summed E-state index contributed by atoms with van der Waals surface area (Å²) in [6.07, 6.45) is 1.93. The Morgan fingerprint density at radius 3 is 2.33 bits per heavy atom. The second kappa shape index (κ2) is 6.11. The number of fused-ring (bicyclic) bond motifs is 1. The quantitative estimate of drug-likeness (QED) is 0.728. The number of rotatable bonds is 4. The van der Waals surface area contributed by atoms with Crippen molar-refractivity contribution >= 4 is 10.8 Å². The van der Waals surface area contributed by atoms with Crippen LogP contribution in [0.2, 0.25) is 0 Å². The topological polar surface area (TPSA) is 26.0 Å². The molecule has 3 aromatic rings. The van der Waals surface area contributed by atoms with Crippen molar-refractivity contribution in [3.8, 4) is 11.1 Å². The van der Waals surface area contributed by atoms with Crippen molar-refractivity contribution in [2.75, 3.05) is 0 Å². The monoisotopic (exact) mass is 275 g/mol. The largest absolute Gasteiger partial charge is 0.327 e. The Hall–Kier alpha value is -2.12. The summed E-state index contributed by atoms with van der Waals surface area (Å²) in [6.45, 7) is 2.14. The van der Waals surface area contributed by atoms with Gasteiger partial charge in [-0.15, -0.1) is 0 Å². The minimum atomic E-state index is 0.223. The Bertz CT molecular complexity index is 740. The lowest BCUT2D eigenvalue weighted by Crippen LogP contribution is -2.21. The third-order valence-corrected chi connectivity index (χ3v) is 4.10. The van der Waals surface area contributed by atoms with Gasteiger partial charge in [-0.2, -0.15) is 0 Å². The molecule has 1 unspecified atom stereocenters. The Morgan fingerprint density at radius 1 is 0.810 bits per heavy atom. The molecule has 3 aromatic carbocycles. The van der Waals surface area contributed by atoms with Gasteiger partial charge in [-0.1, -0.05) is 73.7 Å². The van der Waals surface area contributed by atoms with Crippen molar-refractivity contribution in [1.29, 1.82) is 0 Å². The number of hydrogen-bond acceptors (Lipinski definition) is 1. The van der Waals surface area contributed by atoms with Gasteiger partial charge in [0.25, 0.3) is 0 Å². The maximum absolute atomic E-state index is 6.16. The second-order valence-electron chi connectivity index (χ2n) is 5.56. The Balaban J connectivity index is 2.15. The molecule has 1 nitrogen and oxygen atoms in total. The van der Waals surface area contributed by atoms with Crippen LogP contribution < -0.4 is 5.73 Å². The van der Waals surface area contributed by atoms with Gasteiger partial charge in [-0.05, 0) is 40.3 Å². The van der Waals surface area contributed by atoms with Crippen LogP contribution in [-0.2, 0) is 6.42 Å². The fourth-order valence-electron chi connectivity index (χ4n) is 2.85. The summed E-state index contributed by atoms with van der Waals surface area (Å²) in [5, 5.41) is 2.59. The van der Waals surface area contributed by atoms with Crippen LogP contribution in [0, 0.1) is 0 Å². The molecule has 0 aliphatic carbocycles. The molecule has 2 N–H and O–H groups in total. The zero-order valence-corrected chi connectivity index (χ0v) is 12.4. The lowest BCUT2D eigenvalue weighted by molar-refractivity contribution is 0.647. The summed E-state index contributed by atoms with van der Waals surface area (Å²) < 4.78 is 0. The van der Waals surface area contributed by atoms with E-state index in [9.17, 15) is 0 Å². The zero-order valence-electron chi connectivity index (χ0n) is 12.4. The van der Waals surface area contributed by atoms with Crippen LogP contribution in [0.5, 0.6) is 0 Å². The van der Waals surface area contributed by atoms with Crippen molar-refractivity contribution in [3.05, 3.63) is 72.3 Å². The average molecular weight is 275 g/mol. The first kappa shape index (κ1) is 13.8. The Kier molecular flexibility index (Phi) is 4.03. The summed E-state index contributed by atoms with van der Waals surface area (Å²) in [7, 11) is 0. The third kappa shape index (κ3) is 2.84. The highest BCUT2D eigenvalue weighted by molar-refractivity contribution is 5.97. The van der Waals surface area contributed by atoms with Gasteiger partial charge in [0.2, 0.25) is 0 Å². The van der Waals surface area contributed by atoms with E-state index in [1.54, 1.807) is 0 Å². The summed E-state index contributed by atoms with van der Waals surface area (Å²) in [4.78, 5) is 0. The van der Waals surface area contributed by atoms with Crippen LogP contribution >= 0.6 is 0 Å². The van der Waals surface area contributed by atoms with E-state index in [4.69, 9.17) is 5.73 Å². The van der Waals surface area contributed by atoms with E-state index in [2.05, 4.69) is 73.7 Å². The van der Waals surface area contributed by atoms with Crippen molar-refractivity contribution in [3.63, 3.8) is 0 Å². The molecule has 106 valence electrons. The van der Waals surface area contributed by atoms with E-state index >= 15 is 0 Å². The van der Waals surface area contributed by atoms with Gasteiger partial charge in [-0.3, -0.25) is 0 Å². The van der Waals surface area contributed by atoms with E-state index in [1.807, 2.05) is 0 Å². The van der Waals surface area contributed by atoms with Gasteiger partial charge in [0.1, 0.15) is 0 Å². The van der Waals surface area contributed by atoms with Crippen LogP contribution in [0.15, 0.2) is 66.7 Å². The lowest BCUT2D eigenvalue weighted by atomic mass is 9.91. The molecule has 0 saturated carbocycles. The van der Waals surface area contributed by atoms with Gasteiger partial charge in [0.05, 0.1) is 0 Å². The van der Waals surface area contributed by atoms with Crippen LogP contribution in [0.1, 0.15) is 18.9 Å². The fraction of sp³-hybridized carbons (Fsp3) is 0.200. The zero-order chi connectivity index (χ0) is 14.7. The molecule has 0 aliphatic rings. The third-order valence-electron chi connectivity index (χ3n) is 4.10. The Labute approximate surface area is 126 Å². The van der Waals surface area contributed by atoms with E-state index in [1.165, 1.54) is 27.5 Å². The maximum Gasteiger partial charge on any atom is 0.00769 e. The fourth-order valence-corrected chi connectivity index (χ4v) is 2.85. The highest BCUT2D eigenvalue weighted by Crippen LogP contribution is 2.31. The first-order valence-electron chi connectivity index (χ1n) is 7.61. The van der Waals surface area contributed by atoms with Crippen LogP contribution in [0.3, 0.4) is 0 Å². The van der Waals surface area contributed by atoms with Crippen LogP contribution in [0.25, 0.3) is 21.9 Å². The summed E-state index contributed by atoms with van der Waals surface area (Å²) in [5.41, 5.74) is 10.1. The van der Waals surface area contributed by atoms with Crippen molar-refractivity contribution in [1.82, 2.24) is 0 Å². The summed E-state index contributed by atoms with van der Waals surface area (Å²) in [6, 6.07) is 23.9. The molecule has 0 spiro atoms. The first-order valence-corrected chi connectivity index (χ1v) is 7.61. The van der Waals surface area contributed by atoms with Crippen molar-refractivity contribution in [2.45, 2.75) is 25.8 Å². The smallest absolute Gasteiger partial charge is 0.00769 e. The van der Waals surface area contributed by atoms with Gasteiger partial charge in [-0.25, -0.2) is 0 Å². The molecule has 0 bridgehead atoms. The van der Waals surface area contributed by atoms with Crippen molar-refractivity contribution in [2.24, 2.45) is 5.73 Å². The van der Waals surface area contributed by atoms with E-state index in [-0.39, 0.29) is 6.04 Å². The van der Waals surface area contributed by atoms with E-state index < -0.39 is 0 Å². The standard InChI is InChI=1S/C20H21N/c1-2-17(21)14-16-9-4-6-12-19(16)20-13-7-10-15-8-3-5-11-18(15)20/h3-13,17H,2,14,21H2,1H3. The molecule has 0 aliphatic heterocycles. The second-order valence-corrected chi connectivity index (χ2v) is 5.56. The first-order chi connectivity index (χ1) is 10.3. The highest BCUT2D eigenvalue weighted by atomic mass is 14.6. The van der Waals surface area contributed by atoms with E-state index in [0.717, 1.165) is 12.8 Å². The number of nitrogens with two attached hydrogens (primary N) is 1. The molecular weight excluding hydrogens is 254 g/mol. The highest BCUT2D eigenvalue weighted by Gasteiger charge is 2.10. The lowest BCUT2D eigenvalue weighted by Gasteiger charge is -2.15. The van der Waals surface area contributed by atoms with Gasteiger partial charge < -0.3 is 5.73 Å². The molecule has 0 aromatic heterocycles. The van der Waals surface area contributed by atoms with E-state index in [0.29, 0.717) is 0 Å². The summed E-state index contributed by atoms with van der Waals surface area (Å²) >= 11 is 0. The van der Waals surface area contributed by atoms with Crippen LogP contribution in [-0.4, -0.2) is 6.04 Å². The normalized spacial score (nSPS) is 12.5. The molecule has 0 heterocycles. The SMILES string of the molecule is CCC(N)Cc1ccccc1-c1cccc2ccccc12. The van der Waals surface area contributed by atoms with Gasteiger partial charge in [0.15, 0.2) is 0 Å². The molecule has 3 rings (SSSR count). The molecule has 0 saturated heterocycles. The molecule has 1 heteroatoms. The minimum absolute atomic E-state index is 0.223. The molecular formula is C20H21N. The molecule has 0 radical (unpaired) electrons. The minimum Gasteiger partial charge on any atom is -0.327 e. The van der Waals surface area contributed by atoms with Gasteiger partial charge in [0, 0.05) is 6.04 Å². The molecule has 21 heavy (non-hydrogen) atoms. The predicted octanol–water partition coefficient (Wildman–Crippen LogP) is 4.79. The molecule has 0 amide bonds.